The molecular formula is C12H24BrNOSi. The first-order valence-corrected chi connectivity index (χ1v) is 10.8. The van der Waals surface area contributed by atoms with Gasteiger partial charge in [0.25, 0.3) is 0 Å². The number of halogens is 1. The molecule has 16 heavy (non-hydrogen) atoms. The van der Waals surface area contributed by atoms with E-state index in [0.29, 0.717) is 12.1 Å². The van der Waals surface area contributed by atoms with Crippen molar-refractivity contribution in [3.8, 4) is 0 Å². The Morgan fingerprint density at radius 3 is 2.62 bits per heavy atom. The van der Waals surface area contributed by atoms with Crippen LogP contribution in [0.4, 0.5) is 0 Å². The van der Waals surface area contributed by atoms with Gasteiger partial charge in [-0.25, -0.2) is 0 Å². The molecule has 0 aromatic carbocycles. The molecule has 0 aliphatic carbocycles. The van der Waals surface area contributed by atoms with Crippen molar-refractivity contribution in [3.63, 3.8) is 0 Å². The Bertz CT molecular complexity index is 250. The van der Waals surface area contributed by atoms with Gasteiger partial charge in [0.1, 0.15) is 0 Å². The van der Waals surface area contributed by atoms with Crippen LogP contribution in [0.2, 0.25) is 19.6 Å². The monoisotopic (exact) mass is 305 g/mol. The van der Waals surface area contributed by atoms with Crippen molar-refractivity contribution in [2.75, 3.05) is 5.33 Å². The molecular weight excluding hydrogens is 282 g/mol. The van der Waals surface area contributed by atoms with E-state index in [2.05, 4.69) is 42.5 Å². The Morgan fingerprint density at radius 1 is 1.44 bits per heavy atom. The highest BCUT2D eigenvalue weighted by atomic mass is 79.9. The molecule has 1 heterocycles. The summed E-state index contributed by atoms with van der Waals surface area (Å²) in [5.74, 6) is 0. The molecule has 0 saturated heterocycles. The molecule has 1 aliphatic heterocycles. The van der Waals surface area contributed by atoms with E-state index in [1.807, 2.05) is 0 Å². The number of hydrogen-bond donors (Lipinski definition) is 0. The maximum Gasteiger partial charge on any atom is 0.184 e. The topological polar surface area (TPSA) is 21.6 Å². The number of unbranched alkanes of at least 4 members (excludes halogenated alkanes) is 1. The van der Waals surface area contributed by atoms with Gasteiger partial charge in [0.15, 0.2) is 8.32 Å². The molecule has 2 atom stereocenters. The molecule has 1 aliphatic rings. The first-order valence-electron chi connectivity index (χ1n) is 6.25. The van der Waals surface area contributed by atoms with Crippen LogP contribution in [0.1, 0.15) is 32.6 Å². The summed E-state index contributed by atoms with van der Waals surface area (Å²) in [6.07, 6.45) is 5.05. The summed E-state index contributed by atoms with van der Waals surface area (Å²) in [7, 11) is -1.44. The first-order chi connectivity index (χ1) is 7.46. The standard InChI is InChI=1S/C12H24BrNOSi/c1-5-6-7-10-8-12(11(9-13)14-10)15-16(2,3)4/h11-12H,5-9H2,1-4H3. The van der Waals surface area contributed by atoms with Crippen molar-refractivity contribution >= 4 is 30.0 Å². The minimum absolute atomic E-state index is 0.331. The SMILES string of the molecule is CCCCC1=NC(CBr)C(O[Si](C)(C)C)C1. The predicted octanol–water partition coefficient (Wildman–Crippen LogP) is 4.00. The molecule has 0 N–H and O–H groups in total. The summed E-state index contributed by atoms with van der Waals surface area (Å²) in [6.45, 7) is 8.99. The molecule has 0 aromatic rings. The number of alkyl halides is 1. The maximum atomic E-state index is 6.21. The van der Waals surface area contributed by atoms with Crippen molar-refractivity contribution in [1.82, 2.24) is 0 Å². The maximum absolute atomic E-state index is 6.21. The first kappa shape index (κ1) is 14.4. The van der Waals surface area contributed by atoms with Crippen LogP contribution in [-0.2, 0) is 4.43 Å². The molecule has 1 rings (SSSR count). The fourth-order valence-corrected chi connectivity index (χ4v) is 3.70. The van der Waals surface area contributed by atoms with Gasteiger partial charge in [0, 0.05) is 17.5 Å². The summed E-state index contributed by atoms with van der Waals surface area (Å²) >= 11 is 3.55. The summed E-state index contributed by atoms with van der Waals surface area (Å²) in [6, 6.07) is 0.346. The van der Waals surface area contributed by atoms with Gasteiger partial charge in [0.2, 0.25) is 0 Å². The van der Waals surface area contributed by atoms with E-state index in [-0.39, 0.29) is 0 Å². The van der Waals surface area contributed by atoms with Crippen LogP contribution in [0.25, 0.3) is 0 Å². The molecule has 0 aromatic heterocycles. The number of aliphatic imine (C=N–C) groups is 1. The molecule has 0 amide bonds. The van der Waals surface area contributed by atoms with Crippen LogP contribution in [0.5, 0.6) is 0 Å². The Morgan fingerprint density at radius 2 is 2.12 bits per heavy atom. The second-order valence-corrected chi connectivity index (χ2v) is 10.6. The number of nitrogens with zero attached hydrogens (tertiary/aromatic N) is 1. The lowest BCUT2D eigenvalue weighted by Gasteiger charge is -2.26. The quantitative estimate of drug-likeness (QED) is 0.537. The van der Waals surface area contributed by atoms with Gasteiger partial charge in [-0.2, -0.15) is 0 Å². The minimum Gasteiger partial charge on any atom is -0.412 e. The van der Waals surface area contributed by atoms with E-state index in [1.165, 1.54) is 18.6 Å². The van der Waals surface area contributed by atoms with Crippen LogP contribution in [-0.4, -0.2) is 31.5 Å². The van der Waals surface area contributed by atoms with Crippen molar-refractivity contribution in [2.45, 2.75) is 64.4 Å². The van der Waals surface area contributed by atoms with Crippen LogP contribution in [0.15, 0.2) is 4.99 Å². The largest absolute Gasteiger partial charge is 0.412 e. The number of hydrogen-bond acceptors (Lipinski definition) is 2. The van der Waals surface area contributed by atoms with E-state index in [0.717, 1.165) is 18.2 Å². The fourth-order valence-electron chi connectivity index (χ4n) is 1.99. The molecule has 2 nitrogen and oxygen atoms in total. The molecule has 0 spiro atoms. The zero-order chi connectivity index (χ0) is 12.2. The van der Waals surface area contributed by atoms with Crippen LogP contribution < -0.4 is 0 Å². The zero-order valence-electron chi connectivity index (χ0n) is 10.9. The van der Waals surface area contributed by atoms with E-state index >= 15 is 0 Å². The fraction of sp³-hybridized carbons (Fsp3) is 0.917. The van der Waals surface area contributed by atoms with Gasteiger partial charge in [-0.05, 0) is 32.5 Å². The smallest absolute Gasteiger partial charge is 0.184 e. The van der Waals surface area contributed by atoms with Gasteiger partial charge in [-0.3, -0.25) is 4.99 Å². The van der Waals surface area contributed by atoms with Gasteiger partial charge in [0.05, 0.1) is 12.1 Å². The Kier molecular flexibility index (Phi) is 5.68. The van der Waals surface area contributed by atoms with Crippen LogP contribution >= 0.6 is 15.9 Å². The molecule has 0 fully saturated rings. The summed E-state index contributed by atoms with van der Waals surface area (Å²) < 4.78 is 6.21. The summed E-state index contributed by atoms with van der Waals surface area (Å²) in [4.78, 5) is 4.78. The van der Waals surface area contributed by atoms with E-state index in [9.17, 15) is 0 Å². The summed E-state index contributed by atoms with van der Waals surface area (Å²) in [5.41, 5.74) is 1.37. The van der Waals surface area contributed by atoms with Crippen molar-refractivity contribution in [3.05, 3.63) is 0 Å². The second kappa shape index (κ2) is 6.31. The average Bonchev–Trinajstić information content (AvgIpc) is 2.54. The molecule has 4 heteroatoms. The highest BCUT2D eigenvalue weighted by Gasteiger charge is 2.32. The predicted molar refractivity (Wildman–Crippen MR) is 77.4 cm³/mol. The molecule has 0 saturated carbocycles. The third-order valence-electron chi connectivity index (χ3n) is 2.70. The number of rotatable bonds is 6. The average molecular weight is 306 g/mol. The zero-order valence-corrected chi connectivity index (χ0v) is 13.5. The van der Waals surface area contributed by atoms with Crippen molar-refractivity contribution in [1.29, 1.82) is 0 Å². The van der Waals surface area contributed by atoms with Gasteiger partial charge >= 0.3 is 0 Å². The van der Waals surface area contributed by atoms with Crippen molar-refractivity contribution in [2.24, 2.45) is 4.99 Å². The van der Waals surface area contributed by atoms with E-state index in [4.69, 9.17) is 9.42 Å². The lowest BCUT2D eigenvalue weighted by atomic mass is 10.1. The van der Waals surface area contributed by atoms with Crippen molar-refractivity contribution < 1.29 is 4.43 Å². The normalized spacial score (nSPS) is 25.9. The van der Waals surface area contributed by atoms with E-state index in [1.54, 1.807) is 0 Å². The highest BCUT2D eigenvalue weighted by molar-refractivity contribution is 9.09. The Labute approximate surface area is 109 Å². The lowest BCUT2D eigenvalue weighted by Crippen LogP contribution is -2.37. The molecule has 2 unspecified atom stereocenters. The Hall–Kier alpha value is 0.327. The van der Waals surface area contributed by atoms with E-state index < -0.39 is 8.32 Å². The second-order valence-electron chi connectivity index (χ2n) is 5.49. The van der Waals surface area contributed by atoms with Gasteiger partial charge in [-0.15, -0.1) is 0 Å². The van der Waals surface area contributed by atoms with Gasteiger partial charge in [-0.1, -0.05) is 29.3 Å². The third kappa shape index (κ3) is 4.68. The third-order valence-corrected chi connectivity index (χ3v) is 4.37. The molecule has 94 valence electrons. The molecule has 0 radical (unpaired) electrons. The summed E-state index contributed by atoms with van der Waals surface area (Å²) in [5, 5.41) is 0.928. The Balaban J connectivity index is 2.51. The highest BCUT2D eigenvalue weighted by Crippen LogP contribution is 2.25. The van der Waals surface area contributed by atoms with Crippen LogP contribution in [0, 0.1) is 0 Å². The van der Waals surface area contributed by atoms with Crippen LogP contribution in [0.3, 0.4) is 0 Å². The molecule has 0 bridgehead atoms. The minimum atomic E-state index is -1.44. The van der Waals surface area contributed by atoms with Gasteiger partial charge < -0.3 is 4.43 Å². The lowest BCUT2D eigenvalue weighted by molar-refractivity contribution is 0.190.